The van der Waals surface area contributed by atoms with Crippen molar-refractivity contribution in [2.45, 2.75) is 57.7 Å². The summed E-state index contributed by atoms with van der Waals surface area (Å²) in [5.74, 6) is 0.912. The van der Waals surface area contributed by atoms with Gasteiger partial charge in [0.05, 0.1) is 12.2 Å². The Kier molecular flexibility index (Phi) is 7.61. The van der Waals surface area contributed by atoms with Crippen LogP contribution in [0.1, 0.15) is 44.7 Å². The van der Waals surface area contributed by atoms with Crippen LogP contribution in [0, 0.1) is 0 Å². The van der Waals surface area contributed by atoms with E-state index in [1.165, 1.54) is 38.6 Å². The number of hydrogen-bond donors (Lipinski definition) is 3. The molecule has 2 fully saturated rings. The minimum Gasteiger partial charge on any atom is -0.357 e. The predicted octanol–water partition coefficient (Wildman–Crippen LogP) is 2.10. The lowest BCUT2D eigenvalue weighted by molar-refractivity contribution is 0.242. The number of hydrogen-bond acceptors (Lipinski definition) is 3. The van der Waals surface area contributed by atoms with Gasteiger partial charge in [0.1, 0.15) is 0 Å². The van der Waals surface area contributed by atoms with Gasteiger partial charge in [0.15, 0.2) is 5.96 Å². The van der Waals surface area contributed by atoms with Gasteiger partial charge in [-0.15, -0.1) is 24.0 Å². The maximum Gasteiger partial charge on any atom is 0.191 e. The molecule has 2 heterocycles. The van der Waals surface area contributed by atoms with Crippen LogP contribution in [0.2, 0.25) is 0 Å². The number of likely N-dealkylation sites (tertiary alicyclic amines) is 1. The van der Waals surface area contributed by atoms with Gasteiger partial charge >= 0.3 is 0 Å². The fourth-order valence-electron chi connectivity index (χ4n) is 3.56. The van der Waals surface area contributed by atoms with Gasteiger partial charge in [-0.25, -0.2) is 4.99 Å². The number of rotatable bonds is 5. The van der Waals surface area contributed by atoms with E-state index in [1.807, 2.05) is 6.07 Å². The van der Waals surface area contributed by atoms with Crippen molar-refractivity contribution in [1.82, 2.24) is 25.7 Å². The Morgan fingerprint density at radius 3 is 2.91 bits per heavy atom. The molecule has 130 valence electrons. The lowest BCUT2D eigenvalue weighted by atomic mass is 10.2. The lowest BCUT2D eigenvalue weighted by Crippen LogP contribution is -2.45. The molecule has 6 nitrogen and oxygen atoms in total. The van der Waals surface area contributed by atoms with E-state index in [4.69, 9.17) is 0 Å². The van der Waals surface area contributed by atoms with Gasteiger partial charge in [0.2, 0.25) is 0 Å². The van der Waals surface area contributed by atoms with Gasteiger partial charge < -0.3 is 10.6 Å². The van der Waals surface area contributed by atoms with Crippen LogP contribution in [0.25, 0.3) is 0 Å². The maximum atomic E-state index is 4.65. The summed E-state index contributed by atoms with van der Waals surface area (Å²) in [6, 6.07) is 3.31. The Morgan fingerprint density at radius 2 is 2.22 bits per heavy atom. The third-order valence-electron chi connectivity index (χ3n) is 4.71. The maximum absolute atomic E-state index is 4.65. The summed E-state index contributed by atoms with van der Waals surface area (Å²) in [4.78, 5) is 7.32. The van der Waals surface area contributed by atoms with E-state index < -0.39 is 0 Å². The molecule has 23 heavy (non-hydrogen) atoms. The minimum atomic E-state index is 0. The number of nitrogens with zero attached hydrogens (tertiary/aromatic N) is 3. The van der Waals surface area contributed by atoms with E-state index >= 15 is 0 Å². The van der Waals surface area contributed by atoms with Crippen LogP contribution in [-0.4, -0.2) is 52.8 Å². The first-order chi connectivity index (χ1) is 10.8. The smallest absolute Gasteiger partial charge is 0.191 e. The average molecular weight is 432 g/mol. The number of aliphatic imine (C=N–C) groups is 1. The Balaban J connectivity index is 0.00000192. The molecule has 1 unspecified atom stereocenters. The highest BCUT2D eigenvalue weighted by molar-refractivity contribution is 14.0. The van der Waals surface area contributed by atoms with E-state index in [1.54, 1.807) is 6.20 Å². The normalized spacial score (nSPS) is 23.0. The summed E-state index contributed by atoms with van der Waals surface area (Å²) < 4.78 is 0. The largest absolute Gasteiger partial charge is 0.357 e. The minimum absolute atomic E-state index is 0. The standard InChI is InChI=1S/C16H28N6.HI/c1-2-17-16(18-11-13-7-9-19-21-13)20-14-8-10-22(12-14)15-5-3-4-6-15;/h7,9,14-15H,2-6,8,10-12H2,1H3,(H,19,21)(H2,17,18,20);1H. The van der Waals surface area contributed by atoms with Crippen LogP contribution >= 0.6 is 24.0 Å². The molecule has 1 aromatic heterocycles. The second-order valence-electron chi connectivity index (χ2n) is 6.34. The Labute approximate surface area is 155 Å². The Hall–Kier alpha value is -0.830. The second-order valence-corrected chi connectivity index (χ2v) is 6.34. The van der Waals surface area contributed by atoms with Crippen molar-refractivity contribution in [2.75, 3.05) is 19.6 Å². The molecule has 0 radical (unpaired) electrons. The van der Waals surface area contributed by atoms with Crippen molar-refractivity contribution in [2.24, 2.45) is 4.99 Å². The molecule has 2 aliphatic rings. The van der Waals surface area contributed by atoms with Crippen molar-refractivity contribution in [3.05, 3.63) is 18.0 Å². The monoisotopic (exact) mass is 432 g/mol. The van der Waals surface area contributed by atoms with Gasteiger partial charge in [0.25, 0.3) is 0 Å². The van der Waals surface area contributed by atoms with Gasteiger partial charge in [0, 0.05) is 37.9 Å². The van der Waals surface area contributed by atoms with E-state index in [0.717, 1.165) is 30.8 Å². The van der Waals surface area contributed by atoms with Crippen molar-refractivity contribution in [3.8, 4) is 0 Å². The highest BCUT2D eigenvalue weighted by atomic mass is 127. The highest BCUT2D eigenvalue weighted by Crippen LogP contribution is 2.26. The first kappa shape index (κ1) is 18.5. The molecule has 7 heteroatoms. The highest BCUT2D eigenvalue weighted by Gasteiger charge is 2.30. The number of aromatic nitrogens is 2. The van der Waals surface area contributed by atoms with E-state index in [0.29, 0.717) is 12.6 Å². The van der Waals surface area contributed by atoms with Gasteiger partial charge in [-0.2, -0.15) is 5.10 Å². The molecule has 1 aromatic rings. The van der Waals surface area contributed by atoms with Crippen LogP contribution < -0.4 is 10.6 Å². The predicted molar refractivity (Wildman–Crippen MR) is 104 cm³/mol. The third-order valence-corrected chi connectivity index (χ3v) is 4.71. The summed E-state index contributed by atoms with van der Waals surface area (Å²) in [5.41, 5.74) is 1.04. The third kappa shape index (κ3) is 5.34. The van der Waals surface area contributed by atoms with E-state index in [9.17, 15) is 0 Å². The molecule has 1 saturated carbocycles. The lowest BCUT2D eigenvalue weighted by Gasteiger charge is -2.24. The molecule has 0 amide bonds. The number of guanidine groups is 1. The summed E-state index contributed by atoms with van der Waals surface area (Å²) in [6.07, 6.45) is 8.58. The number of aromatic amines is 1. The number of halogens is 1. The molecular weight excluding hydrogens is 403 g/mol. The summed E-state index contributed by atoms with van der Waals surface area (Å²) >= 11 is 0. The Bertz CT molecular complexity index is 469. The van der Waals surface area contributed by atoms with E-state index in [2.05, 4.69) is 37.6 Å². The van der Waals surface area contributed by atoms with Crippen LogP contribution in [0.3, 0.4) is 0 Å². The van der Waals surface area contributed by atoms with Gasteiger partial charge in [-0.1, -0.05) is 12.8 Å². The quantitative estimate of drug-likeness (QED) is 0.379. The first-order valence-corrected chi connectivity index (χ1v) is 8.62. The fourth-order valence-corrected chi connectivity index (χ4v) is 3.56. The van der Waals surface area contributed by atoms with Crippen LogP contribution in [0.4, 0.5) is 0 Å². The summed E-state index contributed by atoms with van der Waals surface area (Å²) in [5, 5.41) is 13.9. The molecule has 0 bridgehead atoms. The zero-order chi connectivity index (χ0) is 15.2. The zero-order valence-corrected chi connectivity index (χ0v) is 16.3. The number of nitrogens with one attached hydrogen (secondary N) is 3. The zero-order valence-electron chi connectivity index (χ0n) is 13.9. The summed E-state index contributed by atoms with van der Waals surface area (Å²) in [7, 11) is 0. The molecule has 3 rings (SSSR count). The van der Waals surface area contributed by atoms with Crippen molar-refractivity contribution < 1.29 is 0 Å². The van der Waals surface area contributed by atoms with Gasteiger partial charge in [-0.3, -0.25) is 10.00 Å². The van der Waals surface area contributed by atoms with Crippen LogP contribution in [0.5, 0.6) is 0 Å². The van der Waals surface area contributed by atoms with Crippen molar-refractivity contribution in [3.63, 3.8) is 0 Å². The first-order valence-electron chi connectivity index (χ1n) is 8.62. The second kappa shape index (κ2) is 9.46. The SMILES string of the molecule is CCNC(=NCc1ccn[nH]1)NC1CCN(C2CCCC2)C1.I. The molecule has 1 saturated heterocycles. The molecule has 1 atom stereocenters. The van der Waals surface area contributed by atoms with Crippen LogP contribution in [0.15, 0.2) is 17.3 Å². The average Bonchev–Trinajstić information content (AvgIpc) is 3.26. The molecule has 0 aromatic carbocycles. The van der Waals surface area contributed by atoms with E-state index in [-0.39, 0.29) is 24.0 Å². The summed E-state index contributed by atoms with van der Waals surface area (Å²) in [6.45, 7) is 6.00. The van der Waals surface area contributed by atoms with Crippen molar-refractivity contribution in [1.29, 1.82) is 0 Å². The number of H-pyrrole nitrogens is 1. The molecule has 1 aliphatic heterocycles. The molecule has 1 aliphatic carbocycles. The van der Waals surface area contributed by atoms with Crippen molar-refractivity contribution >= 4 is 29.9 Å². The fraction of sp³-hybridized carbons (Fsp3) is 0.750. The molecule has 3 N–H and O–H groups in total. The Morgan fingerprint density at radius 1 is 1.39 bits per heavy atom. The topological polar surface area (TPSA) is 68.3 Å². The van der Waals surface area contributed by atoms with Crippen LogP contribution in [-0.2, 0) is 6.54 Å². The van der Waals surface area contributed by atoms with Gasteiger partial charge in [-0.05, 0) is 32.3 Å². The molecule has 0 spiro atoms. The molecular formula is C16H29IN6.